The Labute approximate surface area is 74.2 Å². The predicted octanol–water partition coefficient (Wildman–Crippen LogP) is 0.678. The second kappa shape index (κ2) is 8.27. The van der Waals surface area contributed by atoms with Crippen LogP contribution >= 0.6 is 0 Å². The molecule has 0 atom stereocenters. The molecular formula is C9H18N2O. The topological polar surface area (TPSA) is 41.1 Å². The molecule has 1 amide bonds. The molecular weight excluding hydrogens is 152 g/mol. The van der Waals surface area contributed by atoms with E-state index in [0.717, 1.165) is 25.9 Å². The van der Waals surface area contributed by atoms with Crippen molar-refractivity contribution in [2.75, 3.05) is 20.1 Å². The van der Waals surface area contributed by atoms with Crippen molar-refractivity contribution in [2.45, 2.75) is 19.3 Å². The molecule has 0 aliphatic carbocycles. The van der Waals surface area contributed by atoms with Gasteiger partial charge in [0.1, 0.15) is 0 Å². The Morgan fingerprint density at radius 3 is 2.83 bits per heavy atom. The summed E-state index contributed by atoms with van der Waals surface area (Å²) in [5.74, 6) is 0.112. The molecule has 0 spiro atoms. The summed E-state index contributed by atoms with van der Waals surface area (Å²) in [6.45, 7) is 5.48. The van der Waals surface area contributed by atoms with Crippen LogP contribution in [0.5, 0.6) is 0 Å². The maximum atomic E-state index is 10.7. The molecule has 3 heteroatoms. The lowest BCUT2D eigenvalue weighted by atomic mass is 10.3. The lowest BCUT2D eigenvalue weighted by molar-refractivity contribution is -0.120. The minimum Gasteiger partial charge on any atom is -0.359 e. The average Bonchev–Trinajstić information content (AvgIpc) is 2.10. The Balaban J connectivity index is 3.00. The van der Waals surface area contributed by atoms with E-state index in [1.807, 2.05) is 6.08 Å². The number of carbonyl (C=O) groups is 1. The van der Waals surface area contributed by atoms with E-state index in [1.165, 1.54) is 0 Å². The molecule has 0 aliphatic heterocycles. The van der Waals surface area contributed by atoms with Crippen LogP contribution in [0.3, 0.4) is 0 Å². The molecule has 0 saturated carbocycles. The first-order valence-corrected chi connectivity index (χ1v) is 4.33. The summed E-state index contributed by atoms with van der Waals surface area (Å²) >= 11 is 0. The van der Waals surface area contributed by atoms with Gasteiger partial charge in [0.25, 0.3) is 0 Å². The van der Waals surface area contributed by atoms with Gasteiger partial charge in [-0.2, -0.15) is 0 Å². The number of nitrogens with one attached hydrogen (secondary N) is 2. The molecule has 0 saturated heterocycles. The van der Waals surface area contributed by atoms with Crippen LogP contribution in [0.25, 0.3) is 0 Å². The highest BCUT2D eigenvalue weighted by molar-refractivity contribution is 5.75. The van der Waals surface area contributed by atoms with E-state index in [9.17, 15) is 4.79 Å². The Hall–Kier alpha value is -0.830. The van der Waals surface area contributed by atoms with Gasteiger partial charge in [0.05, 0.1) is 0 Å². The van der Waals surface area contributed by atoms with Crippen molar-refractivity contribution in [3.05, 3.63) is 12.7 Å². The summed E-state index contributed by atoms with van der Waals surface area (Å²) in [6, 6.07) is 0. The second-order valence-corrected chi connectivity index (χ2v) is 2.60. The van der Waals surface area contributed by atoms with Gasteiger partial charge in [0.2, 0.25) is 5.91 Å². The van der Waals surface area contributed by atoms with Crippen LogP contribution in [-0.2, 0) is 4.79 Å². The number of carbonyl (C=O) groups excluding carboxylic acids is 1. The van der Waals surface area contributed by atoms with Gasteiger partial charge in [-0.05, 0) is 25.9 Å². The fraction of sp³-hybridized carbons (Fsp3) is 0.667. The molecule has 70 valence electrons. The van der Waals surface area contributed by atoms with E-state index in [-0.39, 0.29) is 5.91 Å². The van der Waals surface area contributed by atoms with E-state index in [0.29, 0.717) is 6.42 Å². The Kier molecular flexibility index (Phi) is 7.70. The predicted molar refractivity (Wildman–Crippen MR) is 51.0 cm³/mol. The molecule has 0 radical (unpaired) electrons. The van der Waals surface area contributed by atoms with E-state index >= 15 is 0 Å². The van der Waals surface area contributed by atoms with Crippen molar-refractivity contribution in [1.82, 2.24) is 10.6 Å². The van der Waals surface area contributed by atoms with E-state index in [1.54, 1.807) is 7.05 Å². The molecule has 3 nitrogen and oxygen atoms in total. The minimum atomic E-state index is 0.112. The fourth-order valence-electron chi connectivity index (χ4n) is 0.828. The molecule has 0 aliphatic rings. The highest BCUT2D eigenvalue weighted by Crippen LogP contribution is 1.86. The molecule has 0 aromatic heterocycles. The first kappa shape index (κ1) is 11.2. The van der Waals surface area contributed by atoms with Gasteiger partial charge in [0, 0.05) is 13.5 Å². The quantitative estimate of drug-likeness (QED) is 0.436. The Bertz CT molecular complexity index is 134. The standard InChI is InChI=1S/C9H18N2O/c1-3-4-7-11-8-5-6-9(12)10-2/h3,11H,1,4-8H2,2H3,(H,10,12). The van der Waals surface area contributed by atoms with E-state index < -0.39 is 0 Å². The maximum absolute atomic E-state index is 10.7. The zero-order valence-electron chi connectivity index (χ0n) is 7.73. The van der Waals surface area contributed by atoms with Gasteiger partial charge in [0.15, 0.2) is 0 Å². The smallest absolute Gasteiger partial charge is 0.219 e. The van der Waals surface area contributed by atoms with Gasteiger partial charge in [-0.3, -0.25) is 4.79 Å². The van der Waals surface area contributed by atoms with E-state index in [4.69, 9.17) is 0 Å². The van der Waals surface area contributed by atoms with Crippen LogP contribution in [0.4, 0.5) is 0 Å². The Morgan fingerprint density at radius 1 is 1.50 bits per heavy atom. The summed E-state index contributed by atoms with van der Waals surface area (Å²) < 4.78 is 0. The molecule has 0 bridgehead atoms. The van der Waals surface area contributed by atoms with Crippen LogP contribution in [0.15, 0.2) is 12.7 Å². The third kappa shape index (κ3) is 7.28. The molecule has 0 aromatic carbocycles. The first-order valence-electron chi connectivity index (χ1n) is 4.33. The van der Waals surface area contributed by atoms with Crippen LogP contribution in [0.1, 0.15) is 19.3 Å². The molecule has 12 heavy (non-hydrogen) atoms. The molecule has 0 heterocycles. The van der Waals surface area contributed by atoms with Gasteiger partial charge in [-0.15, -0.1) is 6.58 Å². The third-order valence-electron chi connectivity index (χ3n) is 1.56. The number of amides is 1. The van der Waals surface area contributed by atoms with Gasteiger partial charge < -0.3 is 10.6 Å². The highest BCUT2D eigenvalue weighted by Gasteiger charge is 1.95. The van der Waals surface area contributed by atoms with Gasteiger partial charge >= 0.3 is 0 Å². The second-order valence-electron chi connectivity index (χ2n) is 2.60. The number of hydrogen-bond donors (Lipinski definition) is 2. The van der Waals surface area contributed by atoms with E-state index in [2.05, 4.69) is 17.2 Å². The first-order chi connectivity index (χ1) is 5.81. The Morgan fingerprint density at radius 2 is 2.25 bits per heavy atom. The van der Waals surface area contributed by atoms with Gasteiger partial charge in [-0.1, -0.05) is 6.08 Å². The van der Waals surface area contributed by atoms with Crippen LogP contribution in [-0.4, -0.2) is 26.0 Å². The van der Waals surface area contributed by atoms with Crippen molar-refractivity contribution >= 4 is 5.91 Å². The molecule has 0 rings (SSSR count). The monoisotopic (exact) mass is 170 g/mol. The summed E-state index contributed by atoms with van der Waals surface area (Å²) in [7, 11) is 1.66. The van der Waals surface area contributed by atoms with Crippen molar-refractivity contribution < 1.29 is 4.79 Å². The SMILES string of the molecule is C=CCCNCCCC(=O)NC. The summed E-state index contributed by atoms with van der Waals surface area (Å²) in [6.07, 6.45) is 4.38. The lowest BCUT2D eigenvalue weighted by Gasteiger charge is -2.01. The van der Waals surface area contributed by atoms with Crippen LogP contribution in [0, 0.1) is 0 Å². The molecule has 0 unspecified atom stereocenters. The largest absolute Gasteiger partial charge is 0.359 e. The summed E-state index contributed by atoms with van der Waals surface area (Å²) in [5, 5.41) is 5.80. The summed E-state index contributed by atoms with van der Waals surface area (Å²) in [5.41, 5.74) is 0. The van der Waals surface area contributed by atoms with Gasteiger partial charge in [-0.25, -0.2) is 0 Å². The number of rotatable bonds is 7. The van der Waals surface area contributed by atoms with Crippen molar-refractivity contribution in [3.8, 4) is 0 Å². The molecule has 0 fully saturated rings. The molecule has 0 aromatic rings. The number of hydrogen-bond acceptors (Lipinski definition) is 2. The zero-order chi connectivity index (χ0) is 9.23. The normalized spacial score (nSPS) is 9.42. The van der Waals surface area contributed by atoms with Crippen LogP contribution in [0.2, 0.25) is 0 Å². The van der Waals surface area contributed by atoms with Crippen LogP contribution < -0.4 is 10.6 Å². The minimum absolute atomic E-state index is 0.112. The zero-order valence-corrected chi connectivity index (χ0v) is 7.73. The summed E-state index contributed by atoms with van der Waals surface area (Å²) in [4.78, 5) is 10.7. The van der Waals surface area contributed by atoms with Crippen molar-refractivity contribution in [1.29, 1.82) is 0 Å². The fourth-order valence-corrected chi connectivity index (χ4v) is 0.828. The lowest BCUT2D eigenvalue weighted by Crippen LogP contribution is -2.21. The molecule has 2 N–H and O–H groups in total. The van der Waals surface area contributed by atoms with Crippen molar-refractivity contribution in [2.24, 2.45) is 0 Å². The maximum Gasteiger partial charge on any atom is 0.219 e. The highest BCUT2D eigenvalue weighted by atomic mass is 16.1. The third-order valence-corrected chi connectivity index (χ3v) is 1.56. The van der Waals surface area contributed by atoms with Crippen molar-refractivity contribution in [3.63, 3.8) is 0 Å². The average molecular weight is 170 g/mol.